The van der Waals surface area contributed by atoms with Crippen LogP contribution in [0.2, 0.25) is 0 Å². The fourth-order valence-corrected chi connectivity index (χ4v) is 4.04. The minimum absolute atomic E-state index is 0.503. The van der Waals surface area contributed by atoms with E-state index in [1.165, 1.54) is 58.0 Å². The van der Waals surface area contributed by atoms with Crippen molar-refractivity contribution in [3.05, 3.63) is 0 Å². The Bertz CT molecular complexity index is 209. The van der Waals surface area contributed by atoms with Crippen LogP contribution in [0.15, 0.2) is 0 Å². The summed E-state index contributed by atoms with van der Waals surface area (Å²) in [4.78, 5) is 2.79. The molecular weight excluding hydrogens is 184 g/mol. The molecule has 0 radical (unpaired) electrons. The Kier molecular flexibility index (Phi) is 2.73. The van der Waals surface area contributed by atoms with Gasteiger partial charge in [-0.15, -0.1) is 0 Å². The molecule has 3 rings (SSSR count). The van der Waals surface area contributed by atoms with Gasteiger partial charge in [-0.2, -0.15) is 0 Å². The number of rotatable bonds is 1. The summed E-state index contributed by atoms with van der Waals surface area (Å²) in [7, 11) is 0. The Labute approximate surface area is 93.2 Å². The molecule has 1 saturated heterocycles. The van der Waals surface area contributed by atoms with Crippen LogP contribution >= 0.6 is 0 Å². The lowest BCUT2D eigenvalue weighted by Gasteiger charge is -2.33. The summed E-state index contributed by atoms with van der Waals surface area (Å²) in [5.41, 5.74) is 5.97. The van der Waals surface area contributed by atoms with Gasteiger partial charge in [0.05, 0.1) is 0 Å². The average Bonchev–Trinajstić information content (AvgIpc) is 2.78. The maximum absolute atomic E-state index is 5.97. The summed E-state index contributed by atoms with van der Waals surface area (Å²) in [5.74, 6) is 2.11. The van der Waals surface area contributed by atoms with E-state index in [9.17, 15) is 0 Å². The first-order chi connectivity index (χ1) is 7.33. The summed E-state index contributed by atoms with van der Waals surface area (Å²) in [6, 6.07) is 1.39. The highest BCUT2D eigenvalue weighted by Gasteiger charge is 2.39. The molecule has 3 aliphatic rings. The molecule has 2 N–H and O–H groups in total. The van der Waals surface area contributed by atoms with Crippen molar-refractivity contribution in [2.75, 3.05) is 13.1 Å². The van der Waals surface area contributed by atoms with Crippen molar-refractivity contribution < 1.29 is 0 Å². The maximum Gasteiger partial charge on any atom is 0.00966 e. The van der Waals surface area contributed by atoms with E-state index in [1.54, 1.807) is 0 Å². The predicted octanol–water partition coefficient (Wildman–Crippen LogP) is 1.99. The van der Waals surface area contributed by atoms with Crippen LogP contribution in [0, 0.1) is 11.8 Å². The van der Waals surface area contributed by atoms with Crippen molar-refractivity contribution >= 4 is 0 Å². The third kappa shape index (κ3) is 1.94. The van der Waals surface area contributed by atoms with E-state index in [2.05, 4.69) is 4.90 Å². The van der Waals surface area contributed by atoms with Gasteiger partial charge in [-0.1, -0.05) is 6.42 Å². The minimum atomic E-state index is 0.503. The number of hydrogen-bond acceptors (Lipinski definition) is 2. The van der Waals surface area contributed by atoms with Crippen LogP contribution < -0.4 is 5.73 Å². The maximum atomic E-state index is 5.97. The van der Waals surface area contributed by atoms with Crippen molar-refractivity contribution in [2.24, 2.45) is 17.6 Å². The van der Waals surface area contributed by atoms with Crippen LogP contribution in [0.3, 0.4) is 0 Å². The van der Waals surface area contributed by atoms with Crippen molar-refractivity contribution in [2.45, 2.75) is 57.0 Å². The fraction of sp³-hybridized carbons (Fsp3) is 1.00. The van der Waals surface area contributed by atoms with E-state index in [0.717, 1.165) is 17.9 Å². The zero-order chi connectivity index (χ0) is 10.3. The second-order valence-corrected chi connectivity index (χ2v) is 5.97. The quantitative estimate of drug-likeness (QED) is 0.714. The normalized spacial score (nSPS) is 47.0. The third-order valence-electron chi connectivity index (χ3n) is 5.01. The number of likely N-dealkylation sites (tertiary alicyclic amines) is 1. The van der Waals surface area contributed by atoms with Gasteiger partial charge in [-0.25, -0.2) is 0 Å². The molecule has 1 aliphatic heterocycles. The van der Waals surface area contributed by atoms with Crippen LogP contribution in [-0.4, -0.2) is 30.1 Å². The standard InChI is InChI=1S/C13H24N2/c14-12-4-6-13(7-5-12)15-8-10-2-1-3-11(10)9-15/h10-13H,1-9,14H2. The van der Waals surface area contributed by atoms with Gasteiger partial charge in [0.1, 0.15) is 0 Å². The summed E-state index contributed by atoms with van der Waals surface area (Å²) >= 11 is 0. The molecule has 0 spiro atoms. The molecule has 15 heavy (non-hydrogen) atoms. The Hall–Kier alpha value is -0.0800. The Balaban J connectivity index is 1.56. The Morgan fingerprint density at radius 2 is 1.40 bits per heavy atom. The highest BCUT2D eigenvalue weighted by atomic mass is 15.2. The number of fused-ring (bicyclic) bond motifs is 1. The number of hydrogen-bond donors (Lipinski definition) is 1. The molecule has 0 aromatic heterocycles. The van der Waals surface area contributed by atoms with Crippen molar-refractivity contribution in [3.8, 4) is 0 Å². The zero-order valence-corrected chi connectivity index (χ0v) is 9.70. The first kappa shape index (κ1) is 10.1. The zero-order valence-electron chi connectivity index (χ0n) is 9.70. The van der Waals surface area contributed by atoms with Gasteiger partial charge < -0.3 is 5.73 Å². The van der Waals surface area contributed by atoms with Gasteiger partial charge in [0.2, 0.25) is 0 Å². The third-order valence-corrected chi connectivity index (χ3v) is 5.01. The lowest BCUT2D eigenvalue weighted by molar-refractivity contribution is 0.170. The topological polar surface area (TPSA) is 29.3 Å². The molecule has 2 heteroatoms. The predicted molar refractivity (Wildman–Crippen MR) is 62.6 cm³/mol. The van der Waals surface area contributed by atoms with Gasteiger partial charge in [-0.05, 0) is 50.4 Å². The van der Waals surface area contributed by atoms with Crippen LogP contribution in [0.5, 0.6) is 0 Å². The molecule has 2 aliphatic carbocycles. The molecular formula is C13H24N2. The molecule has 86 valence electrons. The minimum Gasteiger partial charge on any atom is -0.328 e. The first-order valence-corrected chi connectivity index (χ1v) is 6.82. The lowest BCUT2D eigenvalue weighted by atomic mass is 9.91. The first-order valence-electron chi connectivity index (χ1n) is 6.82. The van der Waals surface area contributed by atoms with Gasteiger partial charge >= 0.3 is 0 Å². The second kappa shape index (κ2) is 4.06. The fourth-order valence-electron chi connectivity index (χ4n) is 4.04. The highest BCUT2D eigenvalue weighted by molar-refractivity contribution is 4.92. The molecule has 2 nitrogen and oxygen atoms in total. The van der Waals surface area contributed by atoms with Crippen LogP contribution in [0.25, 0.3) is 0 Å². The van der Waals surface area contributed by atoms with Crippen LogP contribution in [0.4, 0.5) is 0 Å². The van der Waals surface area contributed by atoms with Gasteiger partial charge in [0.25, 0.3) is 0 Å². The Morgan fingerprint density at radius 3 is 2.00 bits per heavy atom. The van der Waals surface area contributed by atoms with E-state index in [-0.39, 0.29) is 0 Å². The molecule has 0 bridgehead atoms. The summed E-state index contributed by atoms with van der Waals surface area (Å²) in [5, 5.41) is 0. The molecule has 1 heterocycles. The number of nitrogens with two attached hydrogens (primary N) is 1. The Morgan fingerprint density at radius 1 is 0.800 bits per heavy atom. The SMILES string of the molecule is NC1CCC(N2CC3CCCC3C2)CC1. The molecule has 2 unspecified atom stereocenters. The van der Waals surface area contributed by atoms with Crippen molar-refractivity contribution in [3.63, 3.8) is 0 Å². The molecule has 2 saturated carbocycles. The smallest absolute Gasteiger partial charge is 0.00966 e. The van der Waals surface area contributed by atoms with Crippen molar-refractivity contribution in [1.29, 1.82) is 0 Å². The molecule has 0 aromatic carbocycles. The largest absolute Gasteiger partial charge is 0.328 e. The van der Waals surface area contributed by atoms with Gasteiger partial charge in [-0.3, -0.25) is 4.90 Å². The van der Waals surface area contributed by atoms with Crippen LogP contribution in [-0.2, 0) is 0 Å². The lowest BCUT2D eigenvalue weighted by Crippen LogP contribution is -2.40. The van der Waals surface area contributed by atoms with Crippen LogP contribution in [0.1, 0.15) is 44.9 Å². The van der Waals surface area contributed by atoms with Gasteiger partial charge in [0, 0.05) is 25.2 Å². The highest BCUT2D eigenvalue weighted by Crippen LogP contribution is 2.40. The summed E-state index contributed by atoms with van der Waals surface area (Å²) < 4.78 is 0. The van der Waals surface area contributed by atoms with E-state index in [0.29, 0.717) is 6.04 Å². The average molecular weight is 208 g/mol. The molecule has 0 aromatic rings. The van der Waals surface area contributed by atoms with Gasteiger partial charge in [0.15, 0.2) is 0 Å². The molecule has 3 fully saturated rings. The molecule has 0 amide bonds. The summed E-state index contributed by atoms with van der Waals surface area (Å²) in [6.07, 6.45) is 9.76. The summed E-state index contributed by atoms with van der Waals surface area (Å²) in [6.45, 7) is 2.81. The van der Waals surface area contributed by atoms with E-state index in [1.807, 2.05) is 0 Å². The monoisotopic (exact) mass is 208 g/mol. The van der Waals surface area contributed by atoms with E-state index < -0.39 is 0 Å². The number of nitrogens with zero attached hydrogens (tertiary/aromatic N) is 1. The van der Waals surface area contributed by atoms with E-state index >= 15 is 0 Å². The second-order valence-electron chi connectivity index (χ2n) is 5.97. The van der Waals surface area contributed by atoms with E-state index in [4.69, 9.17) is 5.73 Å². The molecule has 2 atom stereocenters. The van der Waals surface area contributed by atoms with Crippen molar-refractivity contribution in [1.82, 2.24) is 4.90 Å².